The van der Waals surface area contributed by atoms with Gasteiger partial charge in [-0.25, -0.2) is 0 Å². The molecule has 0 saturated heterocycles. The van der Waals surface area contributed by atoms with Crippen LogP contribution < -0.4 is 11.5 Å². The Balaban J connectivity index is 3.32. The fraction of sp³-hybridized carbons (Fsp3) is 0.750. The lowest BCUT2D eigenvalue weighted by Gasteiger charge is -1.99. The summed E-state index contributed by atoms with van der Waals surface area (Å²) in [4.78, 5) is 10.2. The number of nitrogens with two attached hydrogens (primary N) is 2. The lowest BCUT2D eigenvalue weighted by molar-refractivity contribution is -0.117. The first-order valence-corrected chi connectivity index (χ1v) is 3.56. The lowest BCUT2D eigenvalue weighted by atomic mass is 10.3. The molecule has 1 amide bonds. The minimum absolute atomic E-state index is 0.0994. The molecule has 0 heterocycles. The predicted molar refractivity (Wildman–Crippen MR) is 40.7 cm³/mol. The van der Waals surface area contributed by atoms with E-state index in [9.17, 15) is 4.79 Å². The molecule has 0 saturated carbocycles. The van der Waals surface area contributed by atoms with Crippen LogP contribution in [0.5, 0.6) is 0 Å². The van der Waals surface area contributed by atoms with Crippen molar-refractivity contribution in [2.75, 3.05) is 6.54 Å². The van der Waals surface area contributed by atoms with E-state index in [1.165, 1.54) is 0 Å². The number of rotatable bonds is 3. The van der Waals surface area contributed by atoms with Gasteiger partial charge in [0.05, 0.1) is 3.92 Å². The number of carbonyl (C=O) groups is 1. The molecule has 0 aromatic rings. The molecule has 0 bridgehead atoms. The van der Waals surface area contributed by atoms with Gasteiger partial charge in [-0.15, -0.1) is 0 Å². The van der Waals surface area contributed by atoms with Crippen LogP contribution in [0.25, 0.3) is 0 Å². The molecule has 1 unspecified atom stereocenters. The Labute approximate surface area is 61.9 Å². The van der Waals surface area contributed by atoms with Gasteiger partial charge in [-0.05, 0) is 13.0 Å². The second kappa shape index (κ2) is 4.08. The number of halogens is 1. The molecule has 0 aromatic carbocycles. The van der Waals surface area contributed by atoms with Gasteiger partial charge < -0.3 is 11.5 Å². The summed E-state index contributed by atoms with van der Waals surface area (Å²) in [5, 5.41) is 0. The smallest absolute Gasteiger partial charge is 0.230 e. The molecule has 0 aliphatic heterocycles. The standard InChI is InChI=1S/C4H9IN2O/c5-3(1-2-6)4(7)8/h3H,1-2,6H2,(H2,7,8). The summed E-state index contributed by atoms with van der Waals surface area (Å²) in [5.74, 6) is -0.281. The minimum atomic E-state index is -0.281. The Hall–Kier alpha value is 0.160. The molecule has 0 aromatic heterocycles. The first-order chi connectivity index (χ1) is 3.68. The lowest BCUT2D eigenvalue weighted by Crippen LogP contribution is -2.25. The Morgan fingerprint density at radius 1 is 1.75 bits per heavy atom. The predicted octanol–water partition coefficient (Wildman–Crippen LogP) is -0.376. The second-order valence-electron chi connectivity index (χ2n) is 1.45. The summed E-state index contributed by atoms with van der Waals surface area (Å²) in [6.07, 6.45) is 0.676. The van der Waals surface area contributed by atoms with E-state index in [4.69, 9.17) is 11.5 Å². The van der Waals surface area contributed by atoms with Gasteiger partial charge in [0.15, 0.2) is 0 Å². The van der Waals surface area contributed by atoms with Gasteiger partial charge in [0.25, 0.3) is 0 Å². The van der Waals surface area contributed by atoms with Crippen molar-refractivity contribution >= 4 is 28.5 Å². The number of amides is 1. The van der Waals surface area contributed by atoms with Crippen molar-refractivity contribution in [1.82, 2.24) is 0 Å². The van der Waals surface area contributed by atoms with E-state index < -0.39 is 0 Å². The maximum atomic E-state index is 10.2. The van der Waals surface area contributed by atoms with Crippen LogP contribution in [0, 0.1) is 0 Å². The summed E-state index contributed by atoms with van der Waals surface area (Å²) >= 11 is 1.98. The van der Waals surface area contributed by atoms with Crippen LogP contribution in [0.1, 0.15) is 6.42 Å². The molecule has 0 aliphatic carbocycles. The molecular formula is C4H9IN2O. The van der Waals surface area contributed by atoms with Crippen LogP contribution in [0.3, 0.4) is 0 Å². The van der Waals surface area contributed by atoms with E-state index in [-0.39, 0.29) is 9.83 Å². The largest absolute Gasteiger partial charge is 0.369 e. The third kappa shape index (κ3) is 3.20. The summed E-state index contributed by atoms with van der Waals surface area (Å²) in [6.45, 7) is 0.524. The first kappa shape index (κ1) is 8.16. The number of primary amides is 1. The number of hydrogen-bond acceptors (Lipinski definition) is 2. The molecule has 4 N–H and O–H groups in total. The summed E-state index contributed by atoms with van der Waals surface area (Å²) < 4.78 is -0.0994. The normalized spacial score (nSPS) is 13.2. The van der Waals surface area contributed by atoms with E-state index in [0.717, 1.165) is 0 Å². The Kier molecular flexibility index (Phi) is 4.16. The van der Waals surface area contributed by atoms with Gasteiger partial charge in [0.1, 0.15) is 0 Å². The molecule has 3 nitrogen and oxygen atoms in total. The van der Waals surface area contributed by atoms with E-state index >= 15 is 0 Å². The molecule has 48 valence electrons. The van der Waals surface area contributed by atoms with E-state index in [1.54, 1.807) is 0 Å². The third-order valence-electron chi connectivity index (χ3n) is 0.729. The van der Waals surface area contributed by atoms with Crippen molar-refractivity contribution in [3.8, 4) is 0 Å². The van der Waals surface area contributed by atoms with E-state index in [2.05, 4.69) is 0 Å². The average Bonchev–Trinajstić information content (AvgIpc) is 1.67. The molecule has 0 spiro atoms. The van der Waals surface area contributed by atoms with Gasteiger partial charge in [0.2, 0.25) is 5.91 Å². The van der Waals surface area contributed by atoms with Crippen LogP contribution in [0.4, 0.5) is 0 Å². The van der Waals surface area contributed by atoms with Crippen molar-refractivity contribution < 1.29 is 4.79 Å². The highest BCUT2D eigenvalue weighted by molar-refractivity contribution is 14.1. The monoisotopic (exact) mass is 228 g/mol. The molecule has 4 heteroatoms. The maximum absolute atomic E-state index is 10.2. The maximum Gasteiger partial charge on any atom is 0.230 e. The molecular weight excluding hydrogens is 219 g/mol. The van der Waals surface area contributed by atoms with Crippen LogP contribution in [-0.4, -0.2) is 16.4 Å². The van der Waals surface area contributed by atoms with Gasteiger partial charge in [-0.1, -0.05) is 22.6 Å². The van der Waals surface area contributed by atoms with Crippen LogP contribution in [0.15, 0.2) is 0 Å². The number of alkyl halides is 1. The third-order valence-corrected chi connectivity index (χ3v) is 1.97. The average molecular weight is 228 g/mol. The topological polar surface area (TPSA) is 69.1 Å². The Morgan fingerprint density at radius 3 is 2.38 bits per heavy atom. The molecule has 0 fully saturated rings. The van der Waals surface area contributed by atoms with Crippen LogP contribution in [0.2, 0.25) is 0 Å². The van der Waals surface area contributed by atoms with Crippen LogP contribution >= 0.6 is 22.6 Å². The quantitative estimate of drug-likeness (QED) is 0.510. The fourth-order valence-corrected chi connectivity index (χ4v) is 0.648. The van der Waals surface area contributed by atoms with Crippen molar-refractivity contribution in [2.24, 2.45) is 11.5 Å². The highest BCUT2D eigenvalue weighted by Gasteiger charge is 2.07. The minimum Gasteiger partial charge on any atom is -0.369 e. The highest BCUT2D eigenvalue weighted by atomic mass is 127. The van der Waals surface area contributed by atoms with E-state index in [0.29, 0.717) is 13.0 Å². The van der Waals surface area contributed by atoms with Gasteiger partial charge in [-0.3, -0.25) is 4.79 Å². The van der Waals surface area contributed by atoms with Crippen molar-refractivity contribution in [2.45, 2.75) is 10.3 Å². The van der Waals surface area contributed by atoms with E-state index in [1.807, 2.05) is 22.6 Å². The number of carbonyl (C=O) groups excluding carboxylic acids is 1. The van der Waals surface area contributed by atoms with Crippen LogP contribution in [-0.2, 0) is 4.79 Å². The van der Waals surface area contributed by atoms with Crippen molar-refractivity contribution in [3.05, 3.63) is 0 Å². The highest BCUT2D eigenvalue weighted by Crippen LogP contribution is 2.01. The van der Waals surface area contributed by atoms with Gasteiger partial charge >= 0.3 is 0 Å². The Morgan fingerprint density at radius 2 is 2.25 bits per heavy atom. The molecule has 1 atom stereocenters. The summed E-state index contributed by atoms with van der Waals surface area (Å²) in [7, 11) is 0. The fourth-order valence-electron chi connectivity index (χ4n) is 0.289. The number of hydrogen-bond donors (Lipinski definition) is 2. The molecule has 0 radical (unpaired) electrons. The molecule has 0 rings (SSSR count). The van der Waals surface area contributed by atoms with Gasteiger partial charge in [0, 0.05) is 0 Å². The molecule has 8 heavy (non-hydrogen) atoms. The SMILES string of the molecule is NCCC(I)C(N)=O. The zero-order valence-corrected chi connectivity index (χ0v) is 6.59. The van der Waals surface area contributed by atoms with Gasteiger partial charge in [-0.2, -0.15) is 0 Å². The second-order valence-corrected chi connectivity index (χ2v) is 2.95. The summed E-state index contributed by atoms with van der Waals surface area (Å²) in [6, 6.07) is 0. The van der Waals surface area contributed by atoms with Crippen molar-refractivity contribution in [1.29, 1.82) is 0 Å². The summed E-state index contributed by atoms with van der Waals surface area (Å²) in [5.41, 5.74) is 10.1. The zero-order chi connectivity index (χ0) is 6.57. The van der Waals surface area contributed by atoms with Crippen molar-refractivity contribution in [3.63, 3.8) is 0 Å². The first-order valence-electron chi connectivity index (χ1n) is 2.32. The zero-order valence-electron chi connectivity index (χ0n) is 4.43. The Bertz CT molecular complexity index is 86.1. The molecule has 0 aliphatic rings.